The number of halogens is 1. The number of nitrogens with one attached hydrogen (secondary N) is 2. The van der Waals surface area contributed by atoms with E-state index in [1.807, 2.05) is 20.8 Å². The minimum absolute atomic E-state index is 0.0227. The maximum Gasteiger partial charge on any atom is 0.416 e. The van der Waals surface area contributed by atoms with E-state index in [9.17, 15) is 23.6 Å². The SMILES string of the molecule is CCN(CC)CCN(C(=O)OCCN1CCN(C(=O)CCOC(C)CCO)CC1)C(=O)c1c(C)[nH]c(/C=C2\C(=O)Nc3ccc(F)cc32)c1C. The number of hydrogen-bond donors (Lipinski definition) is 3. The monoisotopic (exact) mass is 698 g/mol. The fourth-order valence-corrected chi connectivity index (χ4v) is 6.21. The third-order valence-corrected chi connectivity index (χ3v) is 9.36. The summed E-state index contributed by atoms with van der Waals surface area (Å²) >= 11 is 0. The van der Waals surface area contributed by atoms with Gasteiger partial charge in [0.1, 0.15) is 12.4 Å². The second kappa shape index (κ2) is 18.2. The number of carbonyl (C=O) groups is 4. The van der Waals surface area contributed by atoms with E-state index in [1.54, 1.807) is 24.8 Å². The summed E-state index contributed by atoms with van der Waals surface area (Å²) in [6.45, 7) is 14.7. The lowest BCUT2D eigenvalue weighted by atomic mass is 10.0. The summed E-state index contributed by atoms with van der Waals surface area (Å²) in [6, 6.07) is 4.08. The number of likely N-dealkylation sites (N-methyl/N-ethyl adjacent to an activating group) is 1. The topological polar surface area (TPSA) is 148 Å². The normalized spacial score (nSPS) is 16.1. The van der Waals surface area contributed by atoms with Gasteiger partial charge in [-0.15, -0.1) is 0 Å². The van der Waals surface area contributed by atoms with Crippen molar-refractivity contribution in [3.8, 4) is 0 Å². The molecule has 4 rings (SSSR count). The van der Waals surface area contributed by atoms with Crippen LogP contribution in [0.1, 0.15) is 66.5 Å². The quantitative estimate of drug-likeness (QED) is 0.224. The van der Waals surface area contributed by atoms with E-state index >= 15 is 0 Å². The van der Waals surface area contributed by atoms with Crippen LogP contribution in [0, 0.1) is 19.7 Å². The van der Waals surface area contributed by atoms with Crippen molar-refractivity contribution in [3.63, 3.8) is 0 Å². The van der Waals surface area contributed by atoms with Crippen molar-refractivity contribution < 1.29 is 38.1 Å². The number of aromatic nitrogens is 1. The number of benzene rings is 1. The van der Waals surface area contributed by atoms with Crippen molar-refractivity contribution in [2.24, 2.45) is 0 Å². The Morgan fingerprint density at radius 1 is 1.08 bits per heavy atom. The number of aliphatic hydroxyl groups excluding tert-OH is 1. The third kappa shape index (κ3) is 9.77. The molecule has 3 N–H and O–H groups in total. The number of H-pyrrole nitrogens is 1. The van der Waals surface area contributed by atoms with Crippen LogP contribution in [-0.2, 0) is 19.1 Å². The first-order chi connectivity index (χ1) is 24.0. The van der Waals surface area contributed by atoms with E-state index in [0.717, 1.165) is 18.0 Å². The molecule has 0 aliphatic carbocycles. The van der Waals surface area contributed by atoms with Crippen LogP contribution in [0.3, 0.4) is 0 Å². The largest absolute Gasteiger partial charge is 0.448 e. The number of imide groups is 1. The lowest BCUT2D eigenvalue weighted by Gasteiger charge is -2.34. The van der Waals surface area contributed by atoms with Crippen LogP contribution in [0.15, 0.2) is 18.2 Å². The number of carbonyl (C=O) groups excluding carboxylic acids is 4. The van der Waals surface area contributed by atoms with E-state index in [2.05, 4.69) is 20.1 Å². The van der Waals surface area contributed by atoms with Crippen molar-refractivity contribution in [1.29, 1.82) is 0 Å². The molecule has 50 heavy (non-hydrogen) atoms. The van der Waals surface area contributed by atoms with E-state index in [0.29, 0.717) is 86.1 Å². The Balaban J connectivity index is 1.38. The number of anilines is 1. The van der Waals surface area contributed by atoms with E-state index in [1.165, 1.54) is 18.2 Å². The van der Waals surface area contributed by atoms with Gasteiger partial charge in [-0.2, -0.15) is 0 Å². The molecule has 1 unspecified atom stereocenters. The van der Waals surface area contributed by atoms with Crippen LogP contribution < -0.4 is 5.32 Å². The van der Waals surface area contributed by atoms with Gasteiger partial charge in [0.25, 0.3) is 11.8 Å². The standard InChI is InChI=1S/C36H51FN6O7/c1-6-40(7-2)14-17-43(36(48)50-21-18-41-12-15-42(16-13-41)32(45)11-20-49-24(3)10-19-44)35(47)33-25(4)31(38-26(33)5)23-29-28-22-27(37)8-9-30(28)39-34(29)46/h8-9,22-24,38,44H,6-7,10-21H2,1-5H3,(H,39,46)/b29-23-. The van der Waals surface area contributed by atoms with Crippen molar-refractivity contribution in [2.45, 2.75) is 53.6 Å². The molecule has 2 aliphatic heterocycles. The van der Waals surface area contributed by atoms with Crippen LogP contribution in [0.4, 0.5) is 14.9 Å². The van der Waals surface area contributed by atoms with Crippen molar-refractivity contribution >= 4 is 41.2 Å². The van der Waals surface area contributed by atoms with Crippen LogP contribution in [0.5, 0.6) is 0 Å². The highest BCUT2D eigenvalue weighted by atomic mass is 19.1. The number of rotatable bonds is 16. The summed E-state index contributed by atoms with van der Waals surface area (Å²) in [5.41, 5.74) is 3.09. The van der Waals surface area contributed by atoms with Crippen LogP contribution in [-0.4, -0.2) is 138 Å². The first-order valence-electron chi connectivity index (χ1n) is 17.4. The van der Waals surface area contributed by atoms with Gasteiger partial charge in [0.15, 0.2) is 0 Å². The Labute approximate surface area is 293 Å². The summed E-state index contributed by atoms with van der Waals surface area (Å²) in [5, 5.41) is 11.7. The average molecular weight is 699 g/mol. The van der Waals surface area contributed by atoms with Gasteiger partial charge in [-0.1, -0.05) is 13.8 Å². The first-order valence-corrected chi connectivity index (χ1v) is 17.4. The number of amides is 4. The Kier molecular flexibility index (Phi) is 14.1. The zero-order valence-corrected chi connectivity index (χ0v) is 29.8. The highest BCUT2D eigenvalue weighted by molar-refractivity contribution is 6.35. The molecule has 13 nitrogen and oxygen atoms in total. The molecule has 2 aliphatic rings. The van der Waals surface area contributed by atoms with Crippen LogP contribution in [0.25, 0.3) is 11.6 Å². The van der Waals surface area contributed by atoms with Gasteiger partial charge in [-0.25, -0.2) is 14.1 Å². The van der Waals surface area contributed by atoms with Gasteiger partial charge in [-0.05, 0) is 70.1 Å². The van der Waals surface area contributed by atoms with Crippen molar-refractivity contribution in [1.82, 2.24) is 24.6 Å². The molecule has 0 bridgehead atoms. The van der Waals surface area contributed by atoms with Crippen molar-refractivity contribution in [2.75, 3.05) is 84.0 Å². The number of piperazine rings is 1. The lowest BCUT2D eigenvalue weighted by Crippen LogP contribution is -2.50. The van der Waals surface area contributed by atoms with Crippen molar-refractivity contribution in [3.05, 3.63) is 52.1 Å². The summed E-state index contributed by atoms with van der Waals surface area (Å²) in [5.74, 6) is -1.34. The summed E-state index contributed by atoms with van der Waals surface area (Å²) in [6.07, 6.45) is 1.57. The fraction of sp³-hybridized carbons (Fsp3) is 0.556. The number of aliphatic hydroxyl groups is 1. The molecule has 3 heterocycles. The maximum absolute atomic E-state index is 14.1. The Hall–Kier alpha value is -4.11. The molecular weight excluding hydrogens is 647 g/mol. The Bertz CT molecular complexity index is 1550. The predicted octanol–water partition coefficient (Wildman–Crippen LogP) is 3.51. The van der Waals surface area contributed by atoms with Gasteiger partial charge in [-0.3, -0.25) is 19.3 Å². The molecule has 4 amide bonds. The smallest absolute Gasteiger partial charge is 0.416 e. The number of hydrogen-bond acceptors (Lipinski definition) is 9. The summed E-state index contributed by atoms with van der Waals surface area (Å²) < 4.78 is 25.3. The number of ether oxygens (including phenoxy) is 2. The molecule has 0 radical (unpaired) electrons. The molecule has 0 spiro atoms. The minimum Gasteiger partial charge on any atom is -0.448 e. The number of aryl methyl sites for hydroxylation is 1. The molecule has 0 saturated carbocycles. The number of fused-ring (bicyclic) bond motifs is 1. The number of nitrogens with zero attached hydrogens (tertiary/aromatic N) is 4. The molecule has 1 fully saturated rings. The summed E-state index contributed by atoms with van der Waals surface area (Å²) in [7, 11) is 0. The molecular formula is C36H51FN6O7. The van der Waals surface area contributed by atoms with Gasteiger partial charge >= 0.3 is 6.09 Å². The molecule has 14 heteroatoms. The van der Waals surface area contributed by atoms with Gasteiger partial charge < -0.3 is 34.7 Å². The highest BCUT2D eigenvalue weighted by Crippen LogP contribution is 2.34. The Morgan fingerprint density at radius 3 is 2.48 bits per heavy atom. The highest BCUT2D eigenvalue weighted by Gasteiger charge is 2.31. The zero-order chi connectivity index (χ0) is 36.4. The van der Waals surface area contributed by atoms with Crippen LogP contribution in [0.2, 0.25) is 0 Å². The second-order valence-electron chi connectivity index (χ2n) is 12.6. The first kappa shape index (κ1) is 38.7. The van der Waals surface area contributed by atoms with E-state index < -0.39 is 17.8 Å². The maximum atomic E-state index is 14.1. The Morgan fingerprint density at radius 2 is 1.80 bits per heavy atom. The molecule has 274 valence electrons. The summed E-state index contributed by atoms with van der Waals surface area (Å²) in [4.78, 5) is 63.2. The molecule has 1 atom stereocenters. The van der Waals surface area contributed by atoms with Gasteiger partial charge in [0.05, 0.1) is 30.3 Å². The van der Waals surface area contributed by atoms with Gasteiger partial charge in [0.2, 0.25) is 5.91 Å². The lowest BCUT2D eigenvalue weighted by molar-refractivity contribution is -0.134. The predicted molar refractivity (Wildman–Crippen MR) is 188 cm³/mol. The van der Waals surface area contributed by atoms with Gasteiger partial charge in [0, 0.05) is 75.1 Å². The zero-order valence-electron chi connectivity index (χ0n) is 29.8. The van der Waals surface area contributed by atoms with E-state index in [-0.39, 0.29) is 49.7 Å². The molecule has 2 aromatic rings. The minimum atomic E-state index is -0.745. The fourth-order valence-electron chi connectivity index (χ4n) is 6.21. The van der Waals surface area contributed by atoms with E-state index in [4.69, 9.17) is 14.6 Å². The average Bonchev–Trinajstić information content (AvgIpc) is 3.55. The molecule has 1 aromatic carbocycles. The molecule has 1 aromatic heterocycles. The van der Waals surface area contributed by atoms with Crippen LogP contribution >= 0.6 is 0 Å². The molecule has 1 saturated heterocycles. The third-order valence-electron chi connectivity index (χ3n) is 9.36. The number of aromatic amines is 1. The second-order valence-corrected chi connectivity index (χ2v) is 12.6.